The topological polar surface area (TPSA) is 98.9 Å². The van der Waals surface area contributed by atoms with Crippen LogP contribution in [0.1, 0.15) is 44.1 Å². The monoisotopic (exact) mass is 499 g/mol. The van der Waals surface area contributed by atoms with Gasteiger partial charge in [0.15, 0.2) is 5.82 Å². The highest BCUT2D eigenvalue weighted by atomic mass is 16.3. The molecule has 37 heavy (non-hydrogen) atoms. The molecule has 1 aliphatic carbocycles. The number of hydrazone groups is 1. The van der Waals surface area contributed by atoms with Crippen molar-refractivity contribution in [2.24, 2.45) is 11.0 Å². The zero-order chi connectivity index (χ0) is 25.2. The maximum Gasteiger partial charge on any atom is 0.225 e. The van der Waals surface area contributed by atoms with Crippen molar-refractivity contribution >= 4 is 29.3 Å². The number of carbonyl (C=O) groups excluding carboxylic acids is 1. The number of likely N-dealkylation sites (tertiary alicyclic amines) is 1. The molecule has 3 aromatic rings. The zero-order valence-electron chi connectivity index (χ0n) is 20.9. The minimum Gasteiger partial charge on any atom is -0.390 e. The lowest BCUT2D eigenvalue weighted by atomic mass is 9.84. The molecule has 2 N–H and O–H groups in total. The number of aromatic nitrogens is 3. The third-order valence-electron chi connectivity index (χ3n) is 7.57. The molecule has 9 nitrogen and oxygen atoms in total. The number of piperidine rings is 1. The molecule has 4 heterocycles. The van der Waals surface area contributed by atoms with E-state index < -0.39 is 5.60 Å². The van der Waals surface area contributed by atoms with Gasteiger partial charge in [-0.15, -0.1) is 0 Å². The molecule has 3 aliphatic rings. The van der Waals surface area contributed by atoms with Gasteiger partial charge in [-0.3, -0.25) is 19.5 Å². The summed E-state index contributed by atoms with van der Waals surface area (Å²) in [6, 6.07) is 14.1. The molecule has 0 radical (unpaired) electrons. The van der Waals surface area contributed by atoms with Crippen LogP contribution in [-0.2, 0) is 11.3 Å². The molecule has 0 bridgehead atoms. The molecule has 192 valence electrons. The Morgan fingerprint density at radius 1 is 1.14 bits per heavy atom. The van der Waals surface area contributed by atoms with Crippen LogP contribution in [0.2, 0.25) is 0 Å². The fraction of sp³-hybridized carbons (Fsp3) is 0.429. The van der Waals surface area contributed by atoms with Gasteiger partial charge in [-0.2, -0.15) is 10.2 Å². The minimum absolute atomic E-state index is 0.0876. The Balaban J connectivity index is 1.08. The smallest absolute Gasteiger partial charge is 0.225 e. The molecule has 1 saturated carbocycles. The summed E-state index contributed by atoms with van der Waals surface area (Å²) in [5.41, 5.74) is 2.23. The van der Waals surface area contributed by atoms with E-state index in [0.717, 1.165) is 42.0 Å². The first kappa shape index (κ1) is 23.7. The van der Waals surface area contributed by atoms with Crippen LogP contribution >= 0.6 is 0 Å². The number of hydrogen-bond donors (Lipinski definition) is 2. The number of benzene rings is 1. The molecular formula is C28H33N7O2. The number of pyridine rings is 1. The van der Waals surface area contributed by atoms with E-state index >= 15 is 0 Å². The molecule has 1 atom stereocenters. The third-order valence-corrected chi connectivity index (χ3v) is 7.57. The first-order valence-electron chi connectivity index (χ1n) is 13.2. The first-order chi connectivity index (χ1) is 18.0. The van der Waals surface area contributed by atoms with Crippen molar-refractivity contribution in [3.8, 4) is 0 Å². The average molecular weight is 500 g/mol. The standard InChI is InChI=1S/C28H33N7O2/c36-27(22-6-7-22)33-15-10-28(37,11-16-33)18-25-8-13-30-35(25)24-5-1-4-23(17-24)31-26-9-14-34(32-26)20-21-3-2-12-29-19-21/h1-5,9,12-14,17,19,22,25,37H,6-8,10-11,15-16,18,20H2,(H,31,32). The van der Waals surface area contributed by atoms with Crippen molar-refractivity contribution in [1.82, 2.24) is 19.7 Å². The number of nitrogens with zero attached hydrogens (tertiary/aromatic N) is 6. The largest absolute Gasteiger partial charge is 0.390 e. The number of anilines is 3. The predicted octanol–water partition coefficient (Wildman–Crippen LogP) is 3.79. The Bertz CT molecular complexity index is 1260. The normalized spacial score (nSPS) is 20.8. The van der Waals surface area contributed by atoms with E-state index in [1.165, 1.54) is 0 Å². The van der Waals surface area contributed by atoms with Gasteiger partial charge >= 0.3 is 0 Å². The predicted molar refractivity (Wildman–Crippen MR) is 143 cm³/mol. The second-order valence-corrected chi connectivity index (χ2v) is 10.5. The van der Waals surface area contributed by atoms with E-state index in [9.17, 15) is 9.90 Å². The van der Waals surface area contributed by atoms with Crippen LogP contribution in [0.15, 0.2) is 66.2 Å². The van der Waals surface area contributed by atoms with E-state index in [1.807, 2.05) is 69.6 Å². The Labute approximate surface area is 216 Å². The van der Waals surface area contributed by atoms with Gasteiger partial charge in [0.05, 0.1) is 23.9 Å². The number of nitrogens with one attached hydrogen (secondary N) is 1. The molecule has 6 rings (SSSR count). The van der Waals surface area contributed by atoms with E-state index in [2.05, 4.69) is 26.6 Å². The molecule has 2 aliphatic heterocycles. The summed E-state index contributed by atoms with van der Waals surface area (Å²) in [5, 5.41) is 26.0. The summed E-state index contributed by atoms with van der Waals surface area (Å²) < 4.78 is 1.88. The maximum atomic E-state index is 12.4. The molecule has 1 aromatic carbocycles. The Hall–Kier alpha value is -3.72. The first-order valence-corrected chi connectivity index (χ1v) is 13.2. The van der Waals surface area contributed by atoms with Gasteiger partial charge in [-0.25, -0.2) is 0 Å². The van der Waals surface area contributed by atoms with Gasteiger partial charge in [0.25, 0.3) is 0 Å². The van der Waals surface area contributed by atoms with Crippen LogP contribution in [0.5, 0.6) is 0 Å². The van der Waals surface area contributed by atoms with Crippen molar-refractivity contribution in [3.05, 3.63) is 66.6 Å². The van der Waals surface area contributed by atoms with E-state index in [-0.39, 0.29) is 17.9 Å². The Kier molecular flexibility index (Phi) is 6.38. The van der Waals surface area contributed by atoms with Gasteiger partial charge in [0.2, 0.25) is 5.91 Å². The van der Waals surface area contributed by atoms with Crippen LogP contribution in [0.25, 0.3) is 0 Å². The van der Waals surface area contributed by atoms with Gasteiger partial charge in [-0.1, -0.05) is 12.1 Å². The highest BCUT2D eigenvalue weighted by molar-refractivity contribution is 5.81. The van der Waals surface area contributed by atoms with Gasteiger partial charge < -0.3 is 15.3 Å². The minimum atomic E-state index is -0.770. The highest BCUT2D eigenvalue weighted by Crippen LogP contribution is 2.36. The Morgan fingerprint density at radius 3 is 2.78 bits per heavy atom. The third kappa shape index (κ3) is 5.51. The summed E-state index contributed by atoms with van der Waals surface area (Å²) in [7, 11) is 0. The SMILES string of the molecule is O=C(C1CC1)N1CCC(O)(CC2CC=NN2c2cccc(Nc3ccn(Cc4cccnc4)n3)c2)CC1. The van der Waals surface area contributed by atoms with Crippen LogP contribution < -0.4 is 10.3 Å². The van der Waals surface area contributed by atoms with Crippen LogP contribution in [-0.4, -0.2) is 61.6 Å². The van der Waals surface area contributed by atoms with Crippen LogP contribution in [0, 0.1) is 5.92 Å². The van der Waals surface area contributed by atoms with Crippen LogP contribution in [0.3, 0.4) is 0 Å². The van der Waals surface area contributed by atoms with Crippen molar-refractivity contribution in [2.45, 2.75) is 56.7 Å². The highest BCUT2D eigenvalue weighted by Gasteiger charge is 2.41. The summed E-state index contributed by atoms with van der Waals surface area (Å²) in [5.74, 6) is 1.28. The number of amides is 1. The fourth-order valence-corrected chi connectivity index (χ4v) is 5.34. The number of rotatable bonds is 8. The second-order valence-electron chi connectivity index (χ2n) is 10.5. The van der Waals surface area contributed by atoms with Crippen LogP contribution in [0.4, 0.5) is 17.2 Å². The molecule has 1 amide bonds. The summed E-state index contributed by atoms with van der Waals surface area (Å²) in [6.07, 6.45) is 12.2. The maximum absolute atomic E-state index is 12.4. The average Bonchev–Trinajstić information content (AvgIpc) is 3.52. The molecule has 9 heteroatoms. The molecule has 2 fully saturated rings. The number of aliphatic hydroxyl groups is 1. The van der Waals surface area contributed by atoms with Crippen molar-refractivity contribution in [2.75, 3.05) is 23.4 Å². The van der Waals surface area contributed by atoms with E-state index in [4.69, 9.17) is 0 Å². The van der Waals surface area contributed by atoms with E-state index in [0.29, 0.717) is 38.9 Å². The second kappa shape index (κ2) is 9.97. The number of carbonyl (C=O) groups is 1. The van der Waals surface area contributed by atoms with Gasteiger partial charge in [-0.05, 0) is 61.9 Å². The van der Waals surface area contributed by atoms with E-state index in [1.54, 1.807) is 6.20 Å². The number of hydrogen-bond acceptors (Lipinski definition) is 7. The van der Waals surface area contributed by atoms with Crippen molar-refractivity contribution in [3.63, 3.8) is 0 Å². The summed E-state index contributed by atoms with van der Waals surface area (Å²) in [6.45, 7) is 1.95. The lowest BCUT2D eigenvalue weighted by Gasteiger charge is -2.40. The lowest BCUT2D eigenvalue weighted by Crippen LogP contribution is -2.49. The molecule has 2 aromatic heterocycles. The molecule has 1 saturated heterocycles. The quantitative estimate of drug-likeness (QED) is 0.489. The molecular weight excluding hydrogens is 466 g/mol. The summed E-state index contributed by atoms with van der Waals surface area (Å²) in [4.78, 5) is 18.5. The fourth-order valence-electron chi connectivity index (χ4n) is 5.34. The molecule has 1 unspecified atom stereocenters. The Morgan fingerprint density at radius 2 is 2.00 bits per heavy atom. The molecule has 0 spiro atoms. The van der Waals surface area contributed by atoms with Gasteiger partial charge in [0.1, 0.15) is 0 Å². The summed E-state index contributed by atoms with van der Waals surface area (Å²) >= 11 is 0. The van der Waals surface area contributed by atoms with Gasteiger partial charge in [0, 0.05) is 62.0 Å². The van der Waals surface area contributed by atoms with Crippen molar-refractivity contribution < 1.29 is 9.90 Å². The van der Waals surface area contributed by atoms with Crippen molar-refractivity contribution in [1.29, 1.82) is 0 Å². The lowest BCUT2D eigenvalue weighted by molar-refractivity contribution is -0.137. The zero-order valence-corrected chi connectivity index (χ0v) is 20.9.